The van der Waals surface area contributed by atoms with Gasteiger partial charge in [-0.1, -0.05) is 11.6 Å². The molecule has 1 amide bonds. The van der Waals surface area contributed by atoms with E-state index in [-0.39, 0.29) is 5.56 Å². The van der Waals surface area contributed by atoms with Crippen LogP contribution in [0.2, 0.25) is 5.02 Å². The van der Waals surface area contributed by atoms with Crippen LogP contribution in [0.15, 0.2) is 30.6 Å². The van der Waals surface area contributed by atoms with Crippen molar-refractivity contribution in [1.29, 1.82) is 0 Å². The highest BCUT2D eigenvalue weighted by atomic mass is 35.5. The summed E-state index contributed by atoms with van der Waals surface area (Å²) in [5, 5.41) is 3.95. The van der Waals surface area contributed by atoms with Crippen LogP contribution in [-0.2, 0) is 0 Å². The van der Waals surface area contributed by atoms with Crippen molar-refractivity contribution < 1.29 is 9.18 Å². The van der Waals surface area contributed by atoms with Crippen LogP contribution in [0.4, 0.5) is 10.1 Å². The number of pyridine rings is 1. The Morgan fingerprint density at radius 3 is 2.90 bits per heavy atom. The highest BCUT2D eigenvalue weighted by Crippen LogP contribution is 2.31. The lowest BCUT2D eigenvalue weighted by molar-refractivity contribution is 0.102. The number of hydrogen-bond acceptors (Lipinski definition) is 4. The highest BCUT2D eigenvalue weighted by Gasteiger charge is 2.12. The molecule has 3 rings (SSSR count). The van der Waals surface area contributed by atoms with E-state index in [4.69, 9.17) is 11.6 Å². The number of hydrogen-bond donors (Lipinski definition) is 1. The smallest absolute Gasteiger partial charge is 0.257 e. The van der Waals surface area contributed by atoms with Gasteiger partial charge in [-0.05, 0) is 25.1 Å². The molecule has 2 aromatic heterocycles. The SMILES string of the molecule is Cc1nc2cc(Cl)c(NC(=O)c3cncc(F)c3)cc2s1. The van der Waals surface area contributed by atoms with Gasteiger partial charge < -0.3 is 5.32 Å². The van der Waals surface area contributed by atoms with Crippen LogP contribution in [0.3, 0.4) is 0 Å². The molecule has 0 atom stereocenters. The molecule has 0 bridgehead atoms. The van der Waals surface area contributed by atoms with Crippen LogP contribution in [0.25, 0.3) is 10.2 Å². The maximum Gasteiger partial charge on any atom is 0.257 e. The Hall–Kier alpha value is -2.05. The quantitative estimate of drug-likeness (QED) is 0.775. The molecule has 0 spiro atoms. The first-order valence-electron chi connectivity index (χ1n) is 6.01. The first-order valence-corrected chi connectivity index (χ1v) is 7.21. The topological polar surface area (TPSA) is 54.9 Å². The summed E-state index contributed by atoms with van der Waals surface area (Å²) >= 11 is 7.64. The molecule has 1 aromatic carbocycles. The molecule has 0 saturated heterocycles. The van der Waals surface area contributed by atoms with Gasteiger partial charge in [0.25, 0.3) is 5.91 Å². The average molecular weight is 322 g/mol. The molecule has 0 aliphatic carbocycles. The minimum atomic E-state index is -0.567. The zero-order valence-electron chi connectivity index (χ0n) is 10.9. The average Bonchev–Trinajstić information content (AvgIpc) is 2.78. The summed E-state index contributed by atoms with van der Waals surface area (Å²) in [6.07, 6.45) is 2.33. The summed E-state index contributed by atoms with van der Waals surface area (Å²) in [6, 6.07) is 4.57. The van der Waals surface area contributed by atoms with Gasteiger partial charge in [0, 0.05) is 6.20 Å². The van der Waals surface area contributed by atoms with Gasteiger partial charge in [0.15, 0.2) is 0 Å². The predicted octanol–water partition coefficient (Wildman–Crippen LogP) is 4.04. The zero-order chi connectivity index (χ0) is 15.0. The molecule has 0 saturated carbocycles. The summed E-state index contributed by atoms with van der Waals surface area (Å²) in [7, 11) is 0. The number of aromatic nitrogens is 2. The third kappa shape index (κ3) is 2.86. The van der Waals surface area contributed by atoms with Crippen LogP contribution >= 0.6 is 22.9 Å². The number of carbonyl (C=O) groups is 1. The Morgan fingerprint density at radius 1 is 1.33 bits per heavy atom. The molecule has 4 nitrogen and oxygen atoms in total. The molecule has 2 heterocycles. The molecular weight excluding hydrogens is 313 g/mol. The maximum atomic E-state index is 13.1. The fraction of sp³-hybridized carbons (Fsp3) is 0.0714. The largest absolute Gasteiger partial charge is 0.321 e. The number of thiazole rings is 1. The number of carbonyl (C=O) groups excluding carboxylic acids is 1. The van der Waals surface area contributed by atoms with Crippen molar-refractivity contribution in [2.45, 2.75) is 6.92 Å². The van der Waals surface area contributed by atoms with Crippen LogP contribution in [0.5, 0.6) is 0 Å². The van der Waals surface area contributed by atoms with Crippen LogP contribution in [0, 0.1) is 12.7 Å². The second-order valence-electron chi connectivity index (χ2n) is 4.38. The van der Waals surface area contributed by atoms with Gasteiger partial charge in [-0.2, -0.15) is 0 Å². The third-order valence-corrected chi connectivity index (χ3v) is 4.05. The molecule has 0 radical (unpaired) electrons. The van der Waals surface area contributed by atoms with Crippen molar-refractivity contribution in [3.05, 3.63) is 52.0 Å². The second-order valence-corrected chi connectivity index (χ2v) is 6.02. The van der Waals surface area contributed by atoms with Crippen LogP contribution in [-0.4, -0.2) is 15.9 Å². The zero-order valence-corrected chi connectivity index (χ0v) is 12.4. The van der Waals surface area contributed by atoms with Gasteiger partial charge in [-0.3, -0.25) is 9.78 Å². The van der Waals surface area contributed by atoms with Gasteiger partial charge in [0.1, 0.15) is 5.82 Å². The molecule has 21 heavy (non-hydrogen) atoms. The van der Waals surface area contributed by atoms with Gasteiger partial charge in [-0.15, -0.1) is 11.3 Å². The maximum absolute atomic E-state index is 13.1. The van der Waals surface area contributed by atoms with E-state index in [1.807, 2.05) is 6.92 Å². The fourth-order valence-corrected chi connectivity index (χ4v) is 2.94. The van der Waals surface area contributed by atoms with E-state index < -0.39 is 11.7 Å². The minimum absolute atomic E-state index is 0.131. The normalized spacial score (nSPS) is 10.8. The Bertz CT molecular complexity index is 849. The van der Waals surface area contributed by atoms with Crippen molar-refractivity contribution in [2.75, 3.05) is 5.32 Å². The summed E-state index contributed by atoms with van der Waals surface area (Å²) in [6.45, 7) is 1.90. The van der Waals surface area contributed by atoms with Gasteiger partial charge >= 0.3 is 0 Å². The van der Waals surface area contributed by atoms with E-state index in [2.05, 4.69) is 15.3 Å². The van der Waals surface area contributed by atoms with E-state index in [9.17, 15) is 9.18 Å². The molecule has 0 aliphatic heterocycles. The van der Waals surface area contributed by atoms with Gasteiger partial charge in [-0.25, -0.2) is 9.37 Å². The lowest BCUT2D eigenvalue weighted by Gasteiger charge is -2.07. The lowest BCUT2D eigenvalue weighted by Crippen LogP contribution is -2.12. The number of aryl methyl sites for hydroxylation is 1. The summed E-state index contributed by atoms with van der Waals surface area (Å²) in [5.74, 6) is -1.04. The molecular formula is C14H9ClFN3OS. The number of nitrogens with zero attached hydrogens (tertiary/aromatic N) is 2. The van der Waals surface area contributed by atoms with Gasteiger partial charge in [0.05, 0.1) is 37.7 Å². The van der Waals surface area contributed by atoms with Crippen molar-refractivity contribution in [3.63, 3.8) is 0 Å². The van der Waals surface area contributed by atoms with Gasteiger partial charge in [0.2, 0.25) is 0 Å². The number of fused-ring (bicyclic) bond motifs is 1. The van der Waals surface area contributed by atoms with E-state index in [0.717, 1.165) is 27.5 Å². The molecule has 106 valence electrons. The van der Waals surface area contributed by atoms with Crippen molar-refractivity contribution in [2.24, 2.45) is 0 Å². The Kier molecular flexibility index (Phi) is 3.57. The molecule has 0 fully saturated rings. The predicted molar refractivity (Wildman–Crippen MR) is 81.5 cm³/mol. The molecule has 0 aliphatic rings. The molecule has 0 unspecified atom stereocenters. The molecule has 1 N–H and O–H groups in total. The third-order valence-electron chi connectivity index (χ3n) is 2.80. The standard InChI is InChI=1S/C14H9ClFN3OS/c1-7-18-12-3-10(15)11(4-13(12)21-7)19-14(20)8-2-9(16)6-17-5-8/h2-6H,1H3,(H,19,20). The van der Waals surface area contributed by atoms with Crippen LogP contribution < -0.4 is 5.32 Å². The molecule has 3 aromatic rings. The fourth-order valence-electron chi connectivity index (χ4n) is 1.89. The first-order chi connectivity index (χ1) is 10.0. The van der Waals surface area contributed by atoms with E-state index in [0.29, 0.717) is 10.7 Å². The van der Waals surface area contributed by atoms with Crippen molar-refractivity contribution in [3.8, 4) is 0 Å². The Morgan fingerprint density at radius 2 is 2.14 bits per heavy atom. The van der Waals surface area contributed by atoms with E-state index >= 15 is 0 Å². The minimum Gasteiger partial charge on any atom is -0.321 e. The number of anilines is 1. The number of benzene rings is 1. The van der Waals surface area contributed by atoms with Crippen molar-refractivity contribution in [1.82, 2.24) is 9.97 Å². The Balaban J connectivity index is 1.93. The lowest BCUT2D eigenvalue weighted by atomic mass is 10.2. The Labute approximate surface area is 128 Å². The summed E-state index contributed by atoms with van der Waals surface area (Å²) in [5.41, 5.74) is 1.38. The second kappa shape index (κ2) is 5.38. The summed E-state index contributed by atoms with van der Waals surface area (Å²) < 4.78 is 14.0. The number of amides is 1. The van der Waals surface area contributed by atoms with E-state index in [1.165, 1.54) is 17.5 Å². The summed E-state index contributed by atoms with van der Waals surface area (Å²) in [4.78, 5) is 20.0. The first kappa shape index (κ1) is 13.9. The van der Waals surface area contributed by atoms with E-state index in [1.54, 1.807) is 12.1 Å². The number of rotatable bonds is 2. The van der Waals surface area contributed by atoms with Crippen molar-refractivity contribution >= 4 is 44.7 Å². The van der Waals surface area contributed by atoms with Crippen LogP contribution in [0.1, 0.15) is 15.4 Å². The number of nitrogens with one attached hydrogen (secondary N) is 1. The monoisotopic (exact) mass is 321 g/mol. The number of halogens is 2. The molecule has 7 heteroatoms. The highest BCUT2D eigenvalue weighted by molar-refractivity contribution is 7.18.